The molecule has 1 unspecified atom stereocenters. The molecule has 0 bridgehead atoms. The van der Waals surface area contributed by atoms with Gasteiger partial charge in [0.25, 0.3) is 0 Å². The van der Waals surface area contributed by atoms with Crippen molar-refractivity contribution in [3.8, 4) is 11.3 Å². The Hall–Kier alpha value is -0.130. The van der Waals surface area contributed by atoms with Gasteiger partial charge in [0.15, 0.2) is 0 Å². The summed E-state index contributed by atoms with van der Waals surface area (Å²) in [7, 11) is 0. The van der Waals surface area contributed by atoms with Crippen LogP contribution in [0.3, 0.4) is 0 Å². The fourth-order valence-corrected chi connectivity index (χ4v) is 3.98. The number of hydrogen-bond acceptors (Lipinski definition) is 4. The van der Waals surface area contributed by atoms with Crippen LogP contribution in [0.5, 0.6) is 0 Å². The van der Waals surface area contributed by atoms with Gasteiger partial charge >= 0.3 is 0 Å². The molecule has 0 aliphatic carbocycles. The number of hydrogen-bond donors (Lipinski definition) is 1. The zero-order valence-corrected chi connectivity index (χ0v) is 13.5. The lowest BCUT2D eigenvalue weighted by molar-refractivity contribution is 0.326. The third-order valence-corrected chi connectivity index (χ3v) is 5.07. The topological polar surface area (TPSA) is 38.9 Å². The Morgan fingerprint density at radius 3 is 2.50 bits per heavy atom. The third kappa shape index (κ3) is 2.89. The van der Waals surface area contributed by atoms with Crippen LogP contribution in [0.4, 0.5) is 0 Å². The fourth-order valence-electron chi connectivity index (χ4n) is 1.44. The molecule has 0 spiro atoms. The van der Waals surface area contributed by atoms with Crippen LogP contribution < -0.4 is 5.73 Å². The van der Waals surface area contributed by atoms with Gasteiger partial charge in [0.05, 0.1) is 16.1 Å². The van der Waals surface area contributed by atoms with Gasteiger partial charge in [-0.1, -0.05) is 44.0 Å². The van der Waals surface area contributed by atoms with Crippen LogP contribution >= 0.6 is 45.9 Å². The molecule has 2 nitrogen and oxygen atoms in total. The minimum atomic E-state index is -0.0795. The van der Waals surface area contributed by atoms with Gasteiger partial charge < -0.3 is 5.73 Å². The number of rotatable bonds is 2. The van der Waals surface area contributed by atoms with Crippen LogP contribution in [-0.2, 0) is 0 Å². The molecule has 0 saturated heterocycles. The van der Waals surface area contributed by atoms with Crippen molar-refractivity contribution in [3.63, 3.8) is 0 Å². The first kappa shape index (κ1) is 14.3. The first-order valence-electron chi connectivity index (χ1n) is 5.45. The SMILES string of the molecule is CC(C)(C)C(N)c1nc(-c2cc(Cl)sc2Cl)cs1. The van der Waals surface area contributed by atoms with Crippen molar-refractivity contribution < 1.29 is 0 Å². The van der Waals surface area contributed by atoms with Crippen molar-refractivity contribution in [2.45, 2.75) is 26.8 Å². The molecule has 18 heavy (non-hydrogen) atoms. The number of thiophene rings is 1. The van der Waals surface area contributed by atoms with Crippen LogP contribution in [0.1, 0.15) is 31.8 Å². The van der Waals surface area contributed by atoms with Gasteiger partial charge in [-0.25, -0.2) is 4.98 Å². The van der Waals surface area contributed by atoms with Crippen molar-refractivity contribution in [1.82, 2.24) is 4.98 Å². The van der Waals surface area contributed by atoms with Gasteiger partial charge in [0.2, 0.25) is 0 Å². The van der Waals surface area contributed by atoms with Crippen molar-refractivity contribution >= 4 is 45.9 Å². The maximum atomic E-state index is 6.20. The predicted molar refractivity (Wildman–Crippen MR) is 81.8 cm³/mol. The summed E-state index contributed by atoms with van der Waals surface area (Å²) in [6, 6.07) is 1.76. The standard InChI is InChI=1S/C12H14Cl2N2S2/c1-12(2,3)9(15)11-16-7(5-17-11)6-4-8(13)18-10(6)14/h4-5,9H,15H2,1-3H3. The largest absolute Gasteiger partial charge is 0.322 e. The molecule has 0 aromatic carbocycles. The van der Waals surface area contributed by atoms with E-state index in [4.69, 9.17) is 28.9 Å². The van der Waals surface area contributed by atoms with E-state index in [0.29, 0.717) is 8.67 Å². The van der Waals surface area contributed by atoms with Gasteiger partial charge in [-0.3, -0.25) is 0 Å². The van der Waals surface area contributed by atoms with Gasteiger partial charge in [-0.2, -0.15) is 0 Å². The summed E-state index contributed by atoms with van der Waals surface area (Å²) in [5.74, 6) is 0. The lowest BCUT2D eigenvalue weighted by Crippen LogP contribution is -2.26. The lowest BCUT2D eigenvalue weighted by Gasteiger charge is -2.24. The zero-order chi connectivity index (χ0) is 13.5. The van der Waals surface area contributed by atoms with E-state index in [1.807, 2.05) is 11.4 Å². The Kier molecular flexibility index (Phi) is 4.04. The highest BCUT2D eigenvalue weighted by molar-refractivity contribution is 7.20. The molecule has 2 rings (SSSR count). The molecule has 0 radical (unpaired) electrons. The van der Waals surface area contributed by atoms with Gasteiger partial charge in [-0.05, 0) is 11.5 Å². The Morgan fingerprint density at radius 2 is 2.00 bits per heavy atom. The average molecular weight is 321 g/mol. The Morgan fingerprint density at radius 1 is 1.33 bits per heavy atom. The molecule has 0 amide bonds. The summed E-state index contributed by atoms with van der Waals surface area (Å²) in [5.41, 5.74) is 7.92. The molecule has 98 valence electrons. The van der Waals surface area contributed by atoms with Crippen molar-refractivity contribution in [3.05, 3.63) is 25.1 Å². The molecule has 2 heterocycles. The summed E-state index contributed by atoms with van der Waals surface area (Å²) in [6.07, 6.45) is 0. The van der Waals surface area contributed by atoms with Gasteiger partial charge in [0.1, 0.15) is 9.34 Å². The first-order valence-corrected chi connectivity index (χ1v) is 7.90. The second-order valence-corrected chi connectivity index (χ2v) is 8.33. The highest BCUT2D eigenvalue weighted by Gasteiger charge is 2.25. The molecular formula is C12H14Cl2N2S2. The summed E-state index contributed by atoms with van der Waals surface area (Å²) in [5, 5.41) is 2.90. The zero-order valence-electron chi connectivity index (χ0n) is 10.3. The molecule has 0 aliphatic heterocycles. The number of thiazole rings is 1. The molecule has 6 heteroatoms. The molecule has 0 saturated carbocycles. The van der Waals surface area contributed by atoms with Crippen LogP contribution in [0, 0.1) is 5.41 Å². The van der Waals surface area contributed by atoms with Crippen LogP contribution in [-0.4, -0.2) is 4.98 Å². The molecular weight excluding hydrogens is 307 g/mol. The number of halogens is 2. The Bertz CT molecular complexity index is 555. The summed E-state index contributed by atoms with van der Waals surface area (Å²) in [6.45, 7) is 6.31. The number of nitrogens with zero attached hydrogens (tertiary/aromatic N) is 1. The molecule has 1 atom stereocenters. The van der Waals surface area contributed by atoms with Crippen molar-refractivity contribution in [1.29, 1.82) is 0 Å². The van der Waals surface area contributed by atoms with Gasteiger partial charge in [-0.15, -0.1) is 22.7 Å². The summed E-state index contributed by atoms with van der Waals surface area (Å²) in [4.78, 5) is 4.58. The van der Waals surface area contributed by atoms with E-state index >= 15 is 0 Å². The van der Waals surface area contributed by atoms with E-state index < -0.39 is 0 Å². The molecule has 2 N–H and O–H groups in total. The van der Waals surface area contributed by atoms with Gasteiger partial charge in [0, 0.05) is 10.9 Å². The maximum Gasteiger partial charge on any atom is 0.111 e. The average Bonchev–Trinajstić information content (AvgIpc) is 2.82. The van der Waals surface area contributed by atoms with E-state index in [-0.39, 0.29) is 11.5 Å². The van der Waals surface area contributed by atoms with Crippen molar-refractivity contribution in [2.75, 3.05) is 0 Å². The molecule has 0 aliphatic rings. The third-order valence-electron chi connectivity index (χ3n) is 2.65. The second kappa shape index (κ2) is 5.10. The fraction of sp³-hybridized carbons (Fsp3) is 0.417. The van der Waals surface area contributed by atoms with Crippen LogP contribution in [0.2, 0.25) is 8.67 Å². The Balaban J connectivity index is 2.34. The second-order valence-electron chi connectivity index (χ2n) is 5.15. The van der Waals surface area contributed by atoms with E-state index in [2.05, 4.69) is 25.8 Å². The van der Waals surface area contributed by atoms with E-state index in [1.54, 1.807) is 11.3 Å². The molecule has 2 aromatic heterocycles. The monoisotopic (exact) mass is 320 g/mol. The van der Waals surface area contributed by atoms with Crippen LogP contribution in [0.15, 0.2) is 11.4 Å². The van der Waals surface area contributed by atoms with Crippen LogP contribution in [0.25, 0.3) is 11.3 Å². The summed E-state index contributed by atoms with van der Waals surface area (Å²) >= 11 is 15.0. The highest BCUT2D eigenvalue weighted by atomic mass is 35.5. The highest BCUT2D eigenvalue weighted by Crippen LogP contribution is 2.40. The molecule has 2 aromatic rings. The minimum absolute atomic E-state index is 0.00872. The maximum absolute atomic E-state index is 6.20. The Labute approximate surface area is 125 Å². The number of nitrogens with two attached hydrogens (primary N) is 1. The lowest BCUT2D eigenvalue weighted by atomic mass is 9.88. The smallest absolute Gasteiger partial charge is 0.111 e. The van der Waals surface area contributed by atoms with E-state index in [0.717, 1.165) is 16.3 Å². The quantitative estimate of drug-likeness (QED) is 0.823. The van der Waals surface area contributed by atoms with E-state index in [9.17, 15) is 0 Å². The summed E-state index contributed by atoms with van der Waals surface area (Å²) < 4.78 is 1.34. The van der Waals surface area contributed by atoms with Crippen molar-refractivity contribution in [2.24, 2.45) is 11.1 Å². The molecule has 0 fully saturated rings. The first-order chi connectivity index (χ1) is 8.29. The number of aromatic nitrogens is 1. The minimum Gasteiger partial charge on any atom is -0.322 e. The van der Waals surface area contributed by atoms with E-state index in [1.165, 1.54) is 11.3 Å². The normalized spacial score (nSPS) is 13.9. The predicted octanol–water partition coefficient (Wildman–Crippen LogP) is 5.22.